The largest absolute Gasteiger partial charge is 0.382 e. The number of nitrogens with one attached hydrogen (secondary N) is 1. The second kappa shape index (κ2) is 6.77. The van der Waals surface area contributed by atoms with Crippen LogP contribution in [-0.2, 0) is 10.0 Å². The van der Waals surface area contributed by atoms with Gasteiger partial charge < -0.3 is 10.2 Å². The van der Waals surface area contributed by atoms with Gasteiger partial charge in [-0.25, -0.2) is 13.6 Å². The van der Waals surface area contributed by atoms with Crippen LogP contribution in [0.4, 0.5) is 5.69 Å². The quantitative estimate of drug-likeness (QED) is 0.871. The average molecular weight is 311 g/mol. The van der Waals surface area contributed by atoms with Crippen LogP contribution in [0.25, 0.3) is 0 Å². The SMILES string of the molecule is CCCN1CCC(Nc2cccc(S(N)(=O)=O)c2C)CC1. The van der Waals surface area contributed by atoms with Gasteiger partial charge >= 0.3 is 0 Å². The zero-order valence-electron chi connectivity index (χ0n) is 12.8. The predicted octanol–water partition coefficient (Wildman–Crippen LogP) is 1.93. The monoisotopic (exact) mass is 311 g/mol. The van der Waals surface area contributed by atoms with Crippen LogP contribution in [0.5, 0.6) is 0 Å². The molecule has 5 nitrogen and oxygen atoms in total. The average Bonchev–Trinajstić information content (AvgIpc) is 2.42. The van der Waals surface area contributed by atoms with E-state index in [0.717, 1.165) is 38.2 Å². The molecule has 0 radical (unpaired) electrons. The fraction of sp³-hybridized carbons (Fsp3) is 0.600. The molecule has 118 valence electrons. The summed E-state index contributed by atoms with van der Waals surface area (Å²) in [6.45, 7) is 7.35. The Labute approximate surface area is 127 Å². The van der Waals surface area contributed by atoms with Crippen molar-refractivity contribution in [3.63, 3.8) is 0 Å². The van der Waals surface area contributed by atoms with Gasteiger partial charge in [-0.3, -0.25) is 0 Å². The zero-order chi connectivity index (χ0) is 15.5. The lowest BCUT2D eigenvalue weighted by Gasteiger charge is -2.33. The molecule has 0 unspecified atom stereocenters. The number of benzene rings is 1. The number of likely N-dealkylation sites (tertiary alicyclic amines) is 1. The van der Waals surface area contributed by atoms with Crippen LogP contribution >= 0.6 is 0 Å². The number of sulfonamides is 1. The molecule has 6 heteroatoms. The third-order valence-corrected chi connectivity index (χ3v) is 5.13. The first-order chi connectivity index (χ1) is 9.91. The maximum Gasteiger partial charge on any atom is 0.238 e. The molecule has 0 bridgehead atoms. The van der Waals surface area contributed by atoms with E-state index in [2.05, 4.69) is 17.1 Å². The number of piperidine rings is 1. The Hall–Kier alpha value is -1.11. The van der Waals surface area contributed by atoms with Crippen molar-refractivity contribution in [3.8, 4) is 0 Å². The molecule has 1 aromatic carbocycles. The summed E-state index contributed by atoms with van der Waals surface area (Å²) < 4.78 is 23.1. The molecule has 1 aliphatic heterocycles. The molecule has 0 aliphatic carbocycles. The van der Waals surface area contributed by atoms with Crippen LogP contribution in [0.2, 0.25) is 0 Å². The van der Waals surface area contributed by atoms with E-state index >= 15 is 0 Å². The summed E-state index contributed by atoms with van der Waals surface area (Å²) in [5, 5.41) is 8.73. The van der Waals surface area contributed by atoms with Gasteiger partial charge in [-0.15, -0.1) is 0 Å². The van der Waals surface area contributed by atoms with E-state index in [1.807, 2.05) is 6.07 Å². The first-order valence-corrected chi connectivity index (χ1v) is 9.07. The summed E-state index contributed by atoms with van der Waals surface area (Å²) in [6.07, 6.45) is 3.35. The zero-order valence-corrected chi connectivity index (χ0v) is 13.6. The Balaban J connectivity index is 2.05. The Morgan fingerprint density at radius 1 is 1.33 bits per heavy atom. The molecule has 1 fully saturated rings. The van der Waals surface area contributed by atoms with E-state index in [9.17, 15) is 8.42 Å². The molecule has 0 amide bonds. The Morgan fingerprint density at radius 2 is 2.00 bits per heavy atom. The molecule has 2 rings (SSSR count). The summed E-state index contributed by atoms with van der Waals surface area (Å²) >= 11 is 0. The van der Waals surface area contributed by atoms with E-state index in [0.29, 0.717) is 11.6 Å². The van der Waals surface area contributed by atoms with Crippen molar-refractivity contribution in [1.29, 1.82) is 0 Å². The van der Waals surface area contributed by atoms with Crippen molar-refractivity contribution in [1.82, 2.24) is 4.90 Å². The van der Waals surface area contributed by atoms with Crippen LogP contribution in [0.3, 0.4) is 0 Å². The number of hydrogen-bond acceptors (Lipinski definition) is 4. The van der Waals surface area contributed by atoms with Crippen LogP contribution in [0.15, 0.2) is 23.1 Å². The van der Waals surface area contributed by atoms with E-state index in [1.165, 1.54) is 6.42 Å². The first-order valence-electron chi connectivity index (χ1n) is 7.53. The maximum atomic E-state index is 11.6. The molecular weight excluding hydrogens is 286 g/mol. The summed E-state index contributed by atoms with van der Waals surface area (Å²) in [5.74, 6) is 0. The number of nitrogens with zero attached hydrogens (tertiary/aromatic N) is 1. The van der Waals surface area contributed by atoms with Gasteiger partial charge in [0, 0.05) is 24.8 Å². The molecule has 3 N–H and O–H groups in total. The van der Waals surface area contributed by atoms with E-state index in [4.69, 9.17) is 5.14 Å². The minimum atomic E-state index is -3.66. The van der Waals surface area contributed by atoms with Crippen LogP contribution in [0.1, 0.15) is 31.7 Å². The molecule has 0 aromatic heterocycles. The number of hydrogen-bond donors (Lipinski definition) is 2. The molecule has 1 heterocycles. The highest BCUT2D eigenvalue weighted by molar-refractivity contribution is 7.89. The summed E-state index contributed by atoms with van der Waals surface area (Å²) in [6, 6.07) is 5.61. The lowest BCUT2D eigenvalue weighted by Crippen LogP contribution is -2.39. The van der Waals surface area contributed by atoms with Crippen molar-refractivity contribution in [2.75, 3.05) is 25.0 Å². The molecule has 1 aliphatic rings. The molecule has 1 aromatic rings. The lowest BCUT2D eigenvalue weighted by molar-refractivity contribution is 0.219. The normalized spacial score (nSPS) is 17.9. The summed E-state index contributed by atoms with van der Waals surface area (Å²) in [7, 11) is -3.66. The van der Waals surface area contributed by atoms with E-state index in [-0.39, 0.29) is 4.90 Å². The molecule has 1 saturated heterocycles. The Kier molecular flexibility index (Phi) is 5.24. The second-order valence-corrected chi connectivity index (χ2v) is 7.26. The van der Waals surface area contributed by atoms with Gasteiger partial charge in [0.25, 0.3) is 0 Å². The van der Waals surface area contributed by atoms with E-state index in [1.54, 1.807) is 19.1 Å². The number of nitrogens with two attached hydrogens (primary N) is 1. The van der Waals surface area contributed by atoms with Crippen LogP contribution in [-0.4, -0.2) is 39.0 Å². The molecular formula is C15H25N3O2S. The van der Waals surface area contributed by atoms with Crippen molar-refractivity contribution in [3.05, 3.63) is 23.8 Å². The highest BCUT2D eigenvalue weighted by Crippen LogP contribution is 2.24. The minimum Gasteiger partial charge on any atom is -0.382 e. The van der Waals surface area contributed by atoms with Crippen LogP contribution < -0.4 is 10.5 Å². The fourth-order valence-electron chi connectivity index (χ4n) is 2.92. The molecule has 0 saturated carbocycles. The second-order valence-electron chi connectivity index (χ2n) is 5.73. The van der Waals surface area contributed by atoms with Crippen LogP contribution in [0, 0.1) is 6.92 Å². The first kappa shape index (κ1) is 16.3. The molecule has 0 atom stereocenters. The van der Waals surface area contributed by atoms with Gasteiger partial charge in [0.05, 0.1) is 4.90 Å². The predicted molar refractivity (Wildman–Crippen MR) is 85.9 cm³/mol. The third kappa shape index (κ3) is 4.18. The van der Waals surface area contributed by atoms with Gasteiger partial charge in [-0.2, -0.15) is 0 Å². The van der Waals surface area contributed by atoms with E-state index < -0.39 is 10.0 Å². The maximum absolute atomic E-state index is 11.6. The van der Waals surface area contributed by atoms with Gasteiger partial charge in [-0.1, -0.05) is 13.0 Å². The van der Waals surface area contributed by atoms with Crippen molar-refractivity contribution < 1.29 is 8.42 Å². The van der Waals surface area contributed by atoms with Gasteiger partial charge in [0.2, 0.25) is 10.0 Å². The highest BCUT2D eigenvalue weighted by atomic mass is 32.2. The smallest absolute Gasteiger partial charge is 0.238 e. The molecule has 21 heavy (non-hydrogen) atoms. The van der Waals surface area contributed by atoms with Crippen molar-refractivity contribution >= 4 is 15.7 Å². The summed E-state index contributed by atoms with van der Waals surface area (Å²) in [5.41, 5.74) is 1.58. The number of anilines is 1. The number of rotatable bonds is 5. The van der Waals surface area contributed by atoms with Gasteiger partial charge in [-0.05, 0) is 50.4 Å². The highest BCUT2D eigenvalue weighted by Gasteiger charge is 2.20. The fourth-order valence-corrected chi connectivity index (χ4v) is 3.72. The van der Waals surface area contributed by atoms with Crippen molar-refractivity contribution in [2.45, 2.75) is 44.0 Å². The number of primary sulfonamides is 1. The van der Waals surface area contributed by atoms with Gasteiger partial charge in [0.1, 0.15) is 0 Å². The third-order valence-electron chi connectivity index (χ3n) is 4.08. The molecule has 0 spiro atoms. The Bertz CT molecular complexity index is 579. The van der Waals surface area contributed by atoms with Crippen molar-refractivity contribution in [2.24, 2.45) is 5.14 Å². The Morgan fingerprint density at radius 3 is 2.57 bits per heavy atom. The van der Waals surface area contributed by atoms with Gasteiger partial charge in [0.15, 0.2) is 0 Å². The minimum absolute atomic E-state index is 0.205. The standard InChI is InChI=1S/C15H25N3O2S/c1-3-9-18-10-7-13(8-11-18)17-14-5-4-6-15(12(14)2)21(16,19)20/h4-6,13,17H,3,7-11H2,1-2H3,(H2,16,19,20). The summed E-state index contributed by atoms with van der Waals surface area (Å²) in [4.78, 5) is 2.68. The lowest BCUT2D eigenvalue weighted by atomic mass is 10.0. The topological polar surface area (TPSA) is 75.4 Å².